The lowest BCUT2D eigenvalue weighted by Gasteiger charge is -2.36. The van der Waals surface area contributed by atoms with E-state index in [1.165, 1.54) is 12.1 Å². The first kappa shape index (κ1) is 23.0. The second-order valence-corrected chi connectivity index (χ2v) is 9.76. The number of carbonyl (C=O) groups is 1. The van der Waals surface area contributed by atoms with Gasteiger partial charge in [0.15, 0.2) is 11.5 Å². The van der Waals surface area contributed by atoms with E-state index in [0.717, 1.165) is 18.9 Å². The van der Waals surface area contributed by atoms with E-state index in [0.29, 0.717) is 30.4 Å². The molecule has 3 fully saturated rings. The van der Waals surface area contributed by atoms with Gasteiger partial charge in [0.1, 0.15) is 11.4 Å². The fraction of sp³-hybridized carbons (Fsp3) is 0.500. The maximum atomic E-state index is 13.1. The molecule has 2 heterocycles. The quantitative estimate of drug-likeness (QED) is 0.369. The summed E-state index contributed by atoms with van der Waals surface area (Å²) in [5.74, 6) is -0.233. The lowest BCUT2D eigenvalue weighted by molar-refractivity contribution is -0.275. The molecule has 2 aromatic rings. The number of alkyl halides is 3. The first-order valence-corrected chi connectivity index (χ1v) is 11.6. The van der Waals surface area contributed by atoms with Gasteiger partial charge in [-0.15, -0.1) is 13.2 Å². The normalized spacial score (nSPS) is 29.8. The van der Waals surface area contributed by atoms with Crippen LogP contribution in [0.4, 0.5) is 13.2 Å². The molecule has 2 bridgehead atoms. The molecule has 0 amide bonds. The van der Waals surface area contributed by atoms with Gasteiger partial charge in [0, 0.05) is 0 Å². The first-order chi connectivity index (χ1) is 16.1. The van der Waals surface area contributed by atoms with Gasteiger partial charge in [0.25, 0.3) is 0 Å². The van der Waals surface area contributed by atoms with Crippen LogP contribution < -0.4 is 14.2 Å². The van der Waals surface area contributed by atoms with Crippen molar-refractivity contribution in [3.63, 3.8) is 0 Å². The number of rotatable bonds is 6. The lowest BCUT2D eigenvalue weighted by atomic mass is 9.82. The van der Waals surface area contributed by atoms with Crippen molar-refractivity contribution in [2.24, 2.45) is 17.8 Å². The first-order valence-electron chi connectivity index (χ1n) is 11.6. The van der Waals surface area contributed by atoms with Crippen LogP contribution in [0.15, 0.2) is 48.5 Å². The van der Waals surface area contributed by atoms with E-state index < -0.39 is 23.7 Å². The molecule has 3 aliphatic rings. The average molecular weight is 476 g/mol. The zero-order valence-electron chi connectivity index (χ0n) is 19.0. The monoisotopic (exact) mass is 476 g/mol. The number of fused-ring (bicyclic) bond motifs is 5. The van der Waals surface area contributed by atoms with E-state index in [4.69, 9.17) is 14.2 Å². The Bertz CT molecular complexity index is 1030. The van der Waals surface area contributed by atoms with Gasteiger partial charge in [-0.2, -0.15) is 0 Å². The predicted molar refractivity (Wildman–Crippen MR) is 117 cm³/mol. The van der Waals surface area contributed by atoms with Crippen molar-refractivity contribution in [3.05, 3.63) is 54.1 Å². The highest BCUT2D eigenvalue weighted by atomic mass is 19.4. The summed E-state index contributed by atoms with van der Waals surface area (Å²) in [5, 5.41) is 0. The standard InChI is InChI=1S/C26H27F3O5/c1-15(2)25(13-18-19(14-25)21-11-10-20(18)32-21)33-23-12-16(8-9-22(23)34-26(27,28)29)24(30)31-17-6-4-3-5-7-17/h3-9,12,15,18-21H,10-11,13-14H2,1-2H3. The molecule has 2 saturated heterocycles. The van der Waals surface area contributed by atoms with Crippen LogP contribution in [-0.2, 0) is 4.74 Å². The summed E-state index contributed by atoms with van der Waals surface area (Å²) < 4.78 is 61.6. The van der Waals surface area contributed by atoms with E-state index in [9.17, 15) is 18.0 Å². The van der Waals surface area contributed by atoms with Gasteiger partial charge in [-0.05, 0) is 73.8 Å². The summed E-state index contributed by atoms with van der Waals surface area (Å²) in [7, 11) is 0. The minimum Gasteiger partial charge on any atom is -0.483 e. The summed E-state index contributed by atoms with van der Waals surface area (Å²) in [6.07, 6.45) is -1.09. The Labute approximate surface area is 196 Å². The number of halogens is 3. The van der Waals surface area contributed by atoms with Gasteiger partial charge in [-0.1, -0.05) is 32.0 Å². The number of hydrogen-bond donors (Lipinski definition) is 0. The summed E-state index contributed by atoms with van der Waals surface area (Å²) in [6, 6.07) is 12.1. The summed E-state index contributed by atoms with van der Waals surface area (Å²) >= 11 is 0. The highest BCUT2D eigenvalue weighted by Crippen LogP contribution is 2.58. The zero-order chi connectivity index (χ0) is 24.1. The van der Waals surface area contributed by atoms with Crippen molar-refractivity contribution >= 4 is 5.97 Å². The van der Waals surface area contributed by atoms with Crippen LogP contribution in [0.2, 0.25) is 0 Å². The van der Waals surface area contributed by atoms with Crippen LogP contribution >= 0.6 is 0 Å². The molecule has 0 radical (unpaired) electrons. The van der Waals surface area contributed by atoms with Gasteiger partial charge in [-0.3, -0.25) is 0 Å². The number of para-hydroxylation sites is 1. The van der Waals surface area contributed by atoms with E-state index >= 15 is 0 Å². The second-order valence-electron chi connectivity index (χ2n) is 9.76. The Hall–Kier alpha value is -2.74. The Morgan fingerprint density at radius 1 is 1.00 bits per heavy atom. The fourth-order valence-corrected chi connectivity index (χ4v) is 5.79. The largest absolute Gasteiger partial charge is 0.573 e. The molecule has 182 valence electrons. The molecule has 0 N–H and O–H groups in total. The minimum absolute atomic E-state index is 0.0381. The molecular formula is C26H27F3O5. The molecule has 8 heteroatoms. The van der Waals surface area contributed by atoms with Crippen LogP contribution in [0.25, 0.3) is 0 Å². The number of esters is 1. The highest BCUT2D eigenvalue weighted by molar-refractivity contribution is 5.91. The number of hydrogen-bond acceptors (Lipinski definition) is 5. The SMILES string of the molecule is CC(C)C1(Oc2cc(C(=O)Oc3ccccc3)ccc2OC(F)(F)F)CC2C3CCC(O3)C2C1. The van der Waals surface area contributed by atoms with Gasteiger partial charge in [-0.25, -0.2) is 4.79 Å². The van der Waals surface area contributed by atoms with E-state index in [2.05, 4.69) is 4.74 Å². The van der Waals surface area contributed by atoms with Crippen LogP contribution in [0, 0.1) is 17.8 Å². The lowest BCUT2D eigenvalue weighted by Crippen LogP contribution is -2.40. The van der Waals surface area contributed by atoms with Gasteiger partial charge in [0.2, 0.25) is 0 Å². The van der Waals surface area contributed by atoms with Crippen molar-refractivity contribution in [2.45, 2.75) is 63.7 Å². The third kappa shape index (κ3) is 4.35. The maximum absolute atomic E-state index is 13.1. The fourth-order valence-electron chi connectivity index (χ4n) is 5.79. The van der Waals surface area contributed by atoms with Crippen LogP contribution in [0.3, 0.4) is 0 Å². The van der Waals surface area contributed by atoms with Crippen molar-refractivity contribution in [1.82, 2.24) is 0 Å². The van der Waals surface area contributed by atoms with Crippen molar-refractivity contribution in [1.29, 1.82) is 0 Å². The van der Waals surface area contributed by atoms with E-state index in [1.807, 2.05) is 13.8 Å². The average Bonchev–Trinajstić information content (AvgIpc) is 3.47. The summed E-state index contributed by atoms with van der Waals surface area (Å²) in [4.78, 5) is 12.7. The zero-order valence-corrected chi connectivity index (χ0v) is 19.0. The van der Waals surface area contributed by atoms with Crippen molar-refractivity contribution in [2.75, 3.05) is 0 Å². The van der Waals surface area contributed by atoms with Crippen LogP contribution in [0.5, 0.6) is 17.2 Å². The molecule has 0 aromatic heterocycles. The Kier molecular flexibility index (Phi) is 5.74. The molecule has 34 heavy (non-hydrogen) atoms. The summed E-state index contributed by atoms with van der Waals surface area (Å²) in [6.45, 7) is 4.03. The summed E-state index contributed by atoms with van der Waals surface area (Å²) in [5.41, 5.74) is -0.597. The highest BCUT2D eigenvalue weighted by Gasteiger charge is 2.60. The molecule has 1 saturated carbocycles. The molecule has 5 nitrogen and oxygen atoms in total. The van der Waals surface area contributed by atoms with Gasteiger partial charge < -0.3 is 18.9 Å². The molecule has 1 aliphatic carbocycles. The molecule has 4 unspecified atom stereocenters. The van der Waals surface area contributed by atoms with E-state index in [1.54, 1.807) is 30.3 Å². The molecule has 2 aliphatic heterocycles. The third-order valence-corrected chi connectivity index (χ3v) is 7.48. The minimum atomic E-state index is -4.89. The van der Waals surface area contributed by atoms with Crippen LogP contribution in [-0.4, -0.2) is 30.1 Å². The number of benzene rings is 2. The topological polar surface area (TPSA) is 54.0 Å². The third-order valence-electron chi connectivity index (χ3n) is 7.48. The number of carbonyl (C=O) groups excluding carboxylic acids is 1. The molecule has 2 aromatic carbocycles. The molecule has 4 atom stereocenters. The molecule has 5 rings (SSSR count). The molecular weight excluding hydrogens is 449 g/mol. The van der Waals surface area contributed by atoms with Gasteiger partial charge >= 0.3 is 12.3 Å². The van der Waals surface area contributed by atoms with E-state index in [-0.39, 0.29) is 29.4 Å². The molecule has 0 spiro atoms. The smallest absolute Gasteiger partial charge is 0.483 e. The van der Waals surface area contributed by atoms with Gasteiger partial charge in [0.05, 0.1) is 17.8 Å². The van der Waals surface area contributed by atoms with Crippen molar-refractivity contribution < 1.29 is 36.9 Å². The van der Waals surface area contributed by atoms with Crippen LogP contribution in [0.1, 0.15) is 49.9 Å². The Morgan fingerprint density at radius 3 is 2.24 bits per heavy atom. The van der Waals surface area contributed by atoms with Crippen molar-refractivity contribution in [3.8, 4) is 17.2 Å². The Morgan fingerprint density at radius 2 is 1.65 bits per heavy atom. The Balaban J connectivity index is 1.45. The second kappa shape index (κ2) is 8.48. The number of ether oxygens (including phenoxy) is 4. The maximum Gasteiger partial charge on any atom is 0.573 e. The predicted octanol–water partition coefficient (Wildman–Crippen LogP) is 6.17.